The molecule has 0 radical (unpaired) electrons. The number of likely N-dealkylation sites (tertiary alicyclic amines) is 1. The molecule has 1 aliphatic rings. The zero-order valence-corrected chi connectivity index (χ0v) is 12.0. The number of carbonyl (C=O) groups is 2. The maximum Gasteiger partial charge on any atom is 0.261 e. The lowest BCUT2D eigenvalue weighted by atomic mass is 9.97. The molecule has 2 amide bonds. The van der Waals surface area contributed by atoms with Crippen molar-refractivity contribution in [2.75, 3.05) is 39.4 Å². The number of rotatable bonds is 8. The van der Waals surface area contributed by atoms with E-state index in [9.17, 15) is 18.4 Å². The summed E-state index contributed by atoms with van der Waals surface area (Å²) in [6.45, 7) is 1.08. The van der Waals surface area contributed by atoms with Crippen LogP contribution in [0.2, 0.25) is 0 Å². The maximum atomic E-state index is 11.9. The van der Waals surface area contributed by atoms with Crippen LogP contribution in [0, 0.1) is 5.92 Å². The summed E-state index contributed by atoms with van der Waals surface area (Å²) < 4.78 is 28.5. The molecule has 0 aliphatic carbocycles. The van der Waals surface area contributed by atoms with Gasteiger partial charge in [-0.1, -0.05) is 0 Å². The van der Waals surface area contributed by atoms with Gasteiger partial charge in [-0.05, 0) is 12.8 Å². The van der Waals surface area contributed by atoms with Crippen LogP contribution in [0.1, 0.15) is 19.3 Å². The Kier molecular flexibility index (Phi) is 8.14. The Morgan fingerprint density at radius 3 is 2.86 bits per heavy atom. The van der Waals surface area contributed by atoms with E-state index in [0.717, 1.165) is 12.8 Å². The Morgan fingerprint density at radius 1 is 1.43 bits per heavy atom. The minimum absolute atomic E-state index is 0.0241. The zero-order valence-electron chi connectivity index (χ0n) is 12.0. The average Bonchev–Trinajstić information content (AvgIpc) is 2.48. The predicted molar refractivity (Wildman–Crippen MR) is 72.8 cm³/mol. The molecule has 0 spiro atoms. The lowest BCUT2D eigenvalue weighted by Gasteiger charge is -2.32. The molecule has 0 saturated carbocycles. The van der Waals surface area contributed by atoms with Crippen LogP contribution in [-0.4, -0.2) is 62.5 Å². The fraction of sp³-hybridized carbons (Fsp3) is 0.846. The van der Waals surface area contributed by atoms with Crippen molar-refractivity contribution in [1.82, 2.24) is 10.2 Å². The average molecular weight is 307 g/mol. The summed E-state index contributed by atoms with van der Waals surface area (Å²) in [4.78, 5) is 25.4. The highest BCUT2D eigenvalue weighted by molar-refractivity contribution is 5.81. The number of nitrogens with one attached hydrogen (secondary N) is 1. The number of nitrogens with zero attached hydrogens (tertiary/aromatic N) is 1. The SMILES string of the molecule is NCCNC(=O)C1CCCN(C(=O)CCOCC(F)F)C1. The number of nitrogens with two attached hydrogens (primary N) is 1. The molecule has 0 bridgehead atoms. The summed E-state index contributed by atoms with van der Waals surface area (Å²) >= 11 is 0. The third-order valence-electron chi connectivity index (χ3n) is 3.29. The van der Waals surface area contributed by atoms with Crippen LogP contribution in [0.5, 0.6) is 0 Å². The van der Waals surface area contributed by atoms with E-state index in [0.29, 0.717) is 26.2 Å². The molecule has 1 rings (SSSR count). The number of carbonyl (C=O) groups excluding carboxylic acids is 2. The Labute approximate surface area is 123 Å². The fourth-order valence-corrected chi connectivity index (χ4v) is 2.25. The van der Waals surface area contributed by atoms with Crippen molar-refractivity contribution in [3.8, 4) is 0 Å². The van der Waals surface area contributed by atoms with E-state index in [1.54, 1.807) is 4.90 Å². The van der Waals surface area contributed by atoms with Gasteiger partial charge in [0.1, 0.15) is 6.61 Å². The van der Waals surface area contributed by atoms with Crippen molar-refractivity contribution in [2.24, 2.45) is 11.7 Å². The summed E-state index contributed by atoms with van der Waals surface area (Å²) in [6, 6.07) is 0. The Bertz CT molecular complexity index is 343. The summed E-state index contributed by atoms with van der Waals surface area (Å²) in [5.41, 5.74) is 5.32. The number of hydrogen-bond acceptors (Lipinski definition) is 4. The largest absolute Gasteiger partial charge is 0.375 e. The van der Waals surface area contributed by atoms with E-state index < -0.39 is 13.0 Å². The predicted octanol–water partition coefficient (Wildman–Crippen LogP) is -0.0283. The van der Waals surface area contributed by atoms with Crippen molar-refractivity contribution >= 4 is 11.8 Å². The number of piperidine rings is 1. The molecule has 8 heteroatoms. The van der Waals surface area contributed by atoms with E-state index in [4.69, 9.17) is 10.5 Å². The van der Waals surface area contributed by atoms with Crippen molar-refractivity contribution in [3.05, 3.63) is 0 Å². The molecule has 1 fully saturated rings. The molecule has 6 nitrogen and oxygen atoms in total. The van der Waals surface area contributed by atoms with Crippen LogP contribution < -0.4 is 11.1 Å². The van der Waals surface area contributed by atoms with Gasteiger partial charge < -0.3 is 20.7 Å². The van der Waals surface area contributed by atoms with Gasteiger partial charge in [-0.15, -0.1) is 0 Å². The van der Waals surface area contributed by atoms with Gasteiger partial charge >= 0.3 is 0 Å². The van der Waals surface area contributed by atoms with Gasteiger partial charge in [0, 0.05) is 26.2 Å². The highest BCUT2D eigenvalue weighted by Crippen LogP contribution is 2.17. The molecule has 1 saturated heterocycles. The Balaban J connectivity index is 2.30. The summed E-state index contributed by atoms with van der Waals surface area (Å²) in [5.74, 6) is -0.483. The van der Waals surface area contributed by atoms with Gasteiger partial charge in [-0.25, -0.2) is 8.78 Å². The molecule has 1 aliphatic heterocycles. The van der Waals surface area contributed by atoms with E-state index in [2.05, 4.69) is 5.32 Å². The minimum Gasteiger partial charge on any atom is -0.375 e. The molecule has 0 aromatic heterocycles. The van der Waals surface area contributed by atoms with E-state index in [1.807, 2.05) is 0 Å². The number of hydrogen-bond donors (Lipinski definition) is 2. The first-order valence-electron chi connectivity index (χ1n) is 7.16. The topological polar surface area (TPSA) is 84.7 Å². The van der Waals surface area contributed by atoms with Crippen LogP contribution in [0.3, 0.4) is 0 Å². The van der Waals surface area contributed by atoms with Gasteiger partial charge in [-0.3, -0.25) is 9.59 Å². The number of ether oxygens (including phenoxy) is 1. The van der Waals surface area contributed by atoms with E-state index in [1.165, 1.54) is 0 Å². The monoisotopic (exact) mass is 307 g/mol. The number of alkyl halides is 2. The Hall–Kier alpha value is -1.28. The van der Waals surface area contributed by atoms with Gasteiger partial charge in [0.15, 0.2) is 0 Å². The van der Waals surface area contributed by atoms with Crippen LogP contribution in [0.25, 0.3) is 0 Å². The molecule has 0 aromatic carbocycles. The molecule has 0 aromatic rings. The van der Waals surface area contributed by atoms with Gasteiger partial charge in [-0.2, -0.15) is 0 Å². The number of halogens is 2. The lowest BCUT2D eigenvalue weighted by molar-refractivity contribution is -0.136. The quantitative estimate of drug-likeness (QED) is 0.617. The summed E-state index contributed by atoms with van der Waals surface area (Å²) in [5, 5.41) is 2.72. The third kappa shape index (κ3) is 6.81. The summed E-state index contributed by atoms with van der Waals surface area (Å²) in [7, 11) is 0. The minimum atomic E-state index is -2.52. The molecule has 1 atom stereocenters. The van der Waals surface area contributed by atoms with Crippen LogP contribution >= 0.6 is 0 Å². The standard InChI is InChI=1S/C13H23F2N3O3/c14-11(15)9-21-7-3-12(19)18-6-1-2-10(8-18)13(20)17-5-4-16/h10-11H,1-9,16H2,(H,17,20). The first-order chi connectivity index (χ1) is 10.0. The third-order valence-corrected chi connectivity index (χ3v) is 3.29. The molecular weight excluding hydrogens is 284 g/mol. The summed E-state index contributed by atoms with van der Waals surface area (Å²) in [6.07, 6.45) is -0.971. The lowest BCUT2D eigenvalue weighted by Crippen LogP contribution is -2.46. The van der Waals surface area contributed by atoms with Gasteiger partial charge in [0.05, 0.1) is 18.9 Å². The van der Waals surface area contributed by atoms with E-state index in [-0.39, 0.29) is 30.8 Å². The highest BCUT2D eigenvalue weighted by atomic mass is 19.3. The first-order valence-corrected chi connectivity index (χ1v) is 7.16. The maximum absolute atomic E-state index is 11.9. The molecular formula is C13H23F2N3O3. The fourth-order valence-electron chi connectivity index (χ4n) is 2.25. The molecule has 1 unspecified atom stereocenters. The normalized spacial score (nSPS) is 18.9. The first kappa shape index (κ1) is 17.8. The zero-order chi connectivity index (χ0) is 15.7. The second-order valence-corrected chi connectivity index (χ2v) is 4.97. The van der Waals surface area contributed by atoms with Crippen molar-refractivity contribution < 1.29 is 23.1 Å². The van der Waals surface area contributed by atoms with Gasteiger partial charge in [0.25, 0.3) is 6.43 Å². The van der Waals surface area contributed by atoms with Crippen molar-refractivity contribution in [2.45, 2.75) is 25.7 Å². The molecule has 21 heavy (non-hydrogen) atoms. The van der Waals surface area contributed by atoms with Crippen LogP contribution in [0.15, 0.2) is 0 Å². The van der Waals surface area contributed by atoms with Gasteiger partial charge in [0.2, 0.25) is 11.8 Å². The van der Waals surface area contributed by atoms with Crippen LogP contribution in [0.4, 0.5) is 8.78 Å². The van der Waals surface area contributed by atoms with E-state index >= 15 is 0 Å². The highest BCUT2D eigenvalue weighted by Gasteiger charge is 2.27. The number of amides is 2. The Morgan fingerprint density at radius 2 is 2.19 bits per heavy atom. The molecule has 3 N–H and O–H groups in total. The van der Waals surface area contributed by atoms with Crippen molar-refractivity contribution in [1.29, 1.82) is 0 Å². The van der Waals surface area contributed by atoms with Crippen LogP contribution in [-0.2, 0) is 14.3 Å². The smallest absolute Gasteiger partial charge is 0.261 e. The second kappa shape index (κ2) is 9.62. The van der Waals surface area contributed by atoms with Crippen molar-refractivity contribution in [3.63, 3.8) is 0 Å². The molecule has 1 heterocycles. The molecule has 122 valence electrons. The second-order valence-electron chi connectivity index (χ2n) is 4.97.